The molecule has 0 radical (unpaired) electrons. The van der Waals surface area contributed by atoms with Crippen molar-refractivity contribution < 1.29 is 4.74 Å². The van der Waals surface area contributed by atoms with E-state index in [4.69, 9.17) is 4.74 Å². The molecule has 7 nitrogen and oxygen atoms in total. The van der Waals surface area contributed by atoms with Crippen LogP contribution in [0.1, 0.15) is 198 Å². The van der Waals surface area contributed by atoms with E-state index >= 15 is 0 Å². The first-order valence-electron chi connectivity index (χ1n) is 28.2. The van der Waals surface area contributed by atoms with Crippen molar-refractivity contribution >= 4 is 0 Å². The van der Waals surface area contributed by atoms with Crippen molar-refractivity contribution in [2.24, 2.45) is 35.5 Å². The van der Waals surface area contributed by atoms with Gasteiger partial charge < -0.3 is 29.2 Å². The fourth-order valence-electron chi connectivity index (χ4n) is 10.0. The Kier molecular flexibility index (Phi) is 33.4. The van der Waals surface area contributed by atoms with Crippen molar-refractivity contribution in [3.8, 4) is 0 Å². The lowest BCUT2D eigenvalue weighted by Crippen LogP contribution is -2.46. The molecule has 9 aliphatic rings. The van der Waals surface area contributed by atoms with Gasteiger partial charge in [-0.2, -0.15) is 0 Å². The molecule has 9 fully saturated rings. The summed E-state index contributed by atoms with van der Waals surface area (Å²) in [7, 11) is 3.93. The first-order valence-corrected chi connectivity index (χ1v) is 28.2. The van der Waals surface area contributed by atoms with Gasteiger partial charge in [0.15, 0.2) is 0 Å². The third-order valence-corrected chi connectivity index (χ3v) is 15.7. The van der Waals surface area contributed by atoms with Gasteiger partial charge in [-0.05, 0) is 204 Å². The van der Waals surface area contributed by atoms with E-state index in [9.17, 15) is 0 Å². The van der Waals surface area contributed by atoms with Crippen LogP contribution in [-0.4, -0.2) is 160 Å². The molecule has 3 saturated carbocycles. The van der Waals surface area contributed by atoms with Crippen molar-refractivity contribution in [2.75, 3.05) is 112 Å². The van der Waals surface area contributed by atoms with E-state index in [1.54, 1.807) is 7.11 Å². The van der Waals surface area contributed by atoms with Crippen LogP contribution in [-0.2, 0) is 4.74 Å². The number of methoxy groups -OCH3 is 1. The van der Waals surface area contributed by atoms with E-state index in [-0.39, 0.29) is 0 Å². The number of unbranched alkanes of at least 4 members (excludes halogenated alkanes) is 1. The maximum absolute atomic E-state index is 4.78. The Morgan fingerprint density at radius 1 is 0.429 bits per heavy atom. The van der Waals surface area contributed by atoms with Crippen molar-refractivity contribution in [2.45, 2.75) is 216 Å². The average Bonchev–Trinajstić information content (AvgIpc) is 4.22. The Bertz CT molecular complexity index is 989. The van der Waals surface area contributed by atoms with Gasteiger partial charge in [-0.15, -0.1) is 0 Å². The molecule has 6 saturated heterocycles. The van der Waals surface area contributed by atoms with Crippen LogP contribution in [0.15, 0.2) is 0 Å². The first kappa shape index (κ1) is 58.8. The zero-order valence-electron chi connectivity index (χ0n) is 45.3. The smallest absolute Gasteiger partial charge is 0.0462 e. The number of hydrogen-bond donors (Lipinski definition) is 0. The molecule has 63 heavy (non-hydrogen) atoms. The summed E-state index contributed by atoms with van der Waals surface area (Å²) in [5.74, 6) is 5.93. The van der Waals surface area contributed by atoms with Gasteiger partial charge in [0.05, 0.1) is 0 Å². The van der Waals surface area contributed by atoms with Gasteiger partial charge in [0.25, 0.3) is 0 Å². The lowest BCUT2D eigenvalue weighted by Gasteiger charge is -2.37. The molecule has 7 heteroatoms. The highest BCUT2D eigenvalue weighted by atomic mass is 16.5. The van der Waals surface area contributed by atoms with Gasteiger partial charge in [-0.1, -0.05) is 102 Å². The van der Waals surface area contributed by atoms with Gasteiger partial charge in [0, 0.05) is 58.0 Å². The largest absolute Gasteiger partial charge is 0.385 e. The molecule has 376 valence electrons. The predicted octanol–water partition coefficient (Wildman–Crippen LogP) is 12.5. The SMILES string of the molecule is CC1CCC1.CC1CCN(C)CC1.CC1CCN(C2CC2)CC1.CC1CN(C2CC2)C1.CCC1CCCN1CC.CCCCOC.CCN1CCC[C@@H](C)C1.CCN1CC[C@@H](C)C1. The van der Waals surface area contributed by atoms with Crippen LogP contribution in [0.25, 0.3) is 0 Å². The summed E-state index contributed by atoms with van der Waals surface area (Å²) in [4.78, 5) is 15.3. The number of rotatable bonds is 9. The molecular formula is C56H116N6O. The second-order valence-corrected chi connectivity index (χ2v) is 22.4. The topological polar surface area (TPSA) is 28.7 Å². The van der Waals surface area contributed by atoms with Crippen molar-refractivity contribution in [3.05, 3.63) is 0 Å². The van der Waals surface area contributed by atoms with Crippen LogP contribution in [0.3, 0.4) is 0 Å². The maximum atomic E-state index is 4.78. The molecule has 0 aromatic rings. The minimum atomic E-state index is 0.912. The summed E-state index contributed by atoms with van der Waals surface area (Å²) in [5.41, 5.74) is 0. The summed E-state index contributed by atoms with van der Waals surface area (Å²) < 4.78 is 4.78. The molecule has 3 atom stereocenters. The van der Waals surface area contributed by atoms with E-state index < -0.39 is 0 Å². The molecule has 3 aliphatic carbocycles. The molecule has 6 heterocycles. The lowest BCUT2D eigenvalue weighted by molar-refractivity contribution is 0.104. The minimum Gasteiger partial charge on any atom is -0.385 e. The van der Waals surface area contributed by atoms with Crippen LogP contribution in [0.4, 0.5) is 0 Å². The van der Waals surface area contributed by atoms with E-state index in [0.29, 0.717) is 0 Å². The van der Waals surface area contributed by atoms with Gasteiger partial charge in [0.2, 0.25) is 0 Å². The van der Waals surface area contributed by atoms with Gasteiger partial charge in [0.1, 0.15) is 0 Å². The molecule has 1 unspecified atom stereocenters. The summed E-state index contributed by atoms with van der Waals surface area (Å²) in [6.45, 7) is 44.7. The van der Waals surface area contributed by atoms with Crippen LogP contribution >= 0.6 is 0 Å². The van der Waals surface area contributed by atoms with Crippen molar-refractivity contribution in [3.63, 3.8) is 0 Å². The predicted molar refractivity (Wildman–Crippen MR) is 279 cm³/mol. The van der Waals surface area contributed by atoms with Crippen molar-refractivity contribution in [1.82, 2.24) is 29.4 Å². The highest BCUT2D eigenvalue weighted by Crippen LogP contribution is 2.32. The second kappa shape index (κ2) is 35.8. The molecule has 9 rings (SSSR count). The number of hydrogen-bond acceptors (Lipinski definition) is 7. The number of piperidine rings is 3. The molecule has 0 aromatic heterocycles. The average molecular weight is 890 g/mol. The summed E-state index contributed by atoms with van der Waals surface area (Å²) in [6.07, 6.45) is 26.9. The molecule has 0 amide bonds. The van der Waals surface area contributed by atoms with Crippen LogP contribution in [0, 0.1) is 35.5 Å². The van der Waals surface area contributed by atoms with Gasteiger partial charge >= 0.3 is 0 Å². The fraction of sp³-hybridized carbons (Fsp3) is 1.00. The second-order valence-electron chi connectivity index (χ2n) is 22.4. The molecular weight excluding hydrogens is 773 g/mol. The van der Waals surface area contributed by atoms with Gasteiger partial charge in [-0.25, -0.2) is 0 Å². The summed E-state index contributed by atoms with van der Waals surface area (Å²) in [6, 6.07) is 2.94. The Balaban J connectivity index is 0.000000249. The molecule has 0 aromatic carbocycles. The van der Waals surface area contributed by atoms with E-state index in [1.165, 1.54) is 214 Å². The van der Waals surface area contributed by atoms with E-state index in [0.717, 1.165) is 60.2 Å². The van der Waals surface area contributed by atoms with Crippen molar-refractivity contribution in [1.29, 1.82) is 0 Å². The quantitative estimate of drug-likeness (QED) is 0.213. The molecule has 0 N–H and O–H groups in total. The lowest BCUT2D eigenvalue weighted by atomic mass is 9.88. The maximum Gasteiger partial charge on any atom is 0.0462 e. The Morgan fingerprint density at radius 3 is 1.22 bits per heavy atom. The first-order chi connectivity index (χ1) is 30.3. The normalized spacial score (nSPS) is 27.9. The van der Waals surface area contributed by atoms with Crippen LogP contribution in [0.2, 0.25) is 0 Å². The summed E-state index contributed by atoms with van der Waals surface area (Å²) in [5, 5.41) is 0. The van der Waals surface area contributed by atoms with E-state index in [1.807, 2.05) is 0 Å². The molecule has 0 spiro atoms. The fourth-order valence-corrected chi connectivity index (χ4v) is 10.0. The monoisotopic (exact) mass is 889 g/mol. The van der Waals surface area contributed by atoms with E-state index in [2.05, 4.69) is 113 Å². The highest BCUT2D eigenvalue weighted by Gasteiger charge is 2.35. The van der Waals surface area contributed by atoms with Crippen LogP contribution in [0.5, 0.6) is 0 Å². The standard InChI is InChI=1S/C9H17N.2C8H17N.C7H13N.2C7H15N.C5H12O.C5H10/c1-8-4-6-10(7-5-8)9-2-3-9;1-3-9-6-4-5-8(2)7-9;1-3-8-6-5-7-9(8)4-2;1-6-4-8(5-6)7-2-3-7;1-7-3-5-8(2)6-4-7;1-3-8-5-4-7(2)6-8;1-3-4-5-6-2;1-5-3-2-4-5/h8-9H,2-7H2,1H3;2*8H,3-7H2,1-2H3;6-7H,2-5H2,1H3;2*7H,3-6H2,1-2H3;3-5H2,1-2H3;5H,2-4H2,1H3/t;8-;;;;7-;;/m.1...1../s1. The Labute approximate surface area is 396 Å². The van der Waals surface area contributed by atoms with Gasteiger partial charge in [-0.3, -0.25) is 4.90 Å². The Morgan fingerprint density at radius 2 is 0.905 bits per heavy atom. The zero-order chi connectivity index (χ0) is 46.4. The molecule has 6 aliphatic heterocycles. The minimum absolute atomic E-state index is 0.912. The summed E-state index contributed by atoms with van der Waals surface area (Å²) >= 11 is 0. The van der Waals surface area contributed by atoms with Crippen LogP contribution < -0.4 is 0 Å². The third kappa shape index (κ3) is 28.6. The number of nitrogens with zero attached hydrogens (tertiary/aromatic N) is 6. The Hall–Kier alpha value is -0.280. The number of ether oxygens (including phenoxy) is 1. The number of likely N-dealkylation sites (tertiary alicyclic amines) is 6. The molecule has 0 bridgehead atoms. The third-order valence-electron chi connectivity index (χ3n) is 15.7. The zero-order valence-corrected chi connectivity index (χ0v) is 45.3. The highest BCUT2D eigenvalue weighted by molar-refractivity contribution is 4.91.